The van der Waals surface area contributed by atoms with Crippen LogP contribution in [0.25, 0.3) is 0 Å². The van der Waals surface area contributed by atoms with Crippen molar-refractivity contribution in [3.05, 3.63) is 74.7 Å². The lowest BCUT2D eigenvalue weighted by Gasteiger charge is -2.46. The number of hydrogen-bond acceptors (Lipinski definition) is 4. The van der Waals surface area contributed by atoms with E-state index in [1.807, 2.05) is 32.0 Å². The van der Waals surface area contributed by atoms with Gasteiger partial charge in [0.25, 0.3) is 0 Å². The molecule has 0 radical (unpaired) electrons. The lowest BCUT2D eigenvalue weighted by molar-refractivity contribution is 0.210. The number of halogens is 4. The van der Waals surface area contributed by atoms with Crippen molar-refractivity contribution in [2.75, 3.05) is 35.7 Å². The van der Waals surface area contributed by atoms with Gasteiger partial charge in [0.05, 0.1) is 31.1 Å². The molecule has 1 aliphatic heterocycles. The van der Waals surface area contributed by atoms with Crippen molar-refractivity contribution >= 4 is 82.2 Å². The summed E-state index contributed by atoms with van der Waals surface area (Å²) < 4.78 is 15.1. The molecule has 6 nitrogen and oxygen atoms in total. The number of hydrogen-bond donors (Lipinski definition) is 0. The van der Waals surface area contributed by atoms with Crippen molar-refractivity contribution in [1.29, 1.82) is 0 Å². The highest BCUT2D eigenvalue weighted by Crippen LogP contribution is 2.63. The lowest BCUT2D eigenvalue weighted by Crippen LogP contribution is -2.46. The number of nitrogens with zero attached hydrogens (tertiary/aromatic N) is 4. The zero-order valence-electron chi connectivity index (χ0n) is 21.6. The molecule has 0 spiro atoms. The molecule has 38 heavy (non-hydrogen) atoms. The second-order valence-electron chi connectivity index (χ2n) is 8.48. The molecule has 0 fully saturated rings. The molecule has 1 heterocycles. The molecule has 4 rings (SSSR count). The fraction of sp³-hybridized carbons (Fsp3) is 0.296. The summed E-state index contributed by atoms with van der Waals surface area (Å²) in [6.45, 7) is 11.1. The maximum absolute atomic E-state index is 14.0. The second kappa shape index (κ2) is 12.1. The maximum Gasteiger partial charge on any atom is 0.425 e. The number of carbonyl (C=O) groups is 1. The van der Waals surface area contributed by atoms with Gasteiger partial charge in [-0.2, -0.15) is 0 Å². The number of rotatable bonds is 8. The highest BCUT2D eigenvalue weighted by atomic mass is 35.5. The minimum absolute atomic E-state index is 0.313. The summed E-state index contributed by atoms with van der Waals surface area (Å²) in [5.74, 6) is 0.461. The molecule has 202 valence electrons. The largest absolute Gasteiger partial charge is 0.425 e. The van der Waals surface area contributed by atoms with E-state index in [2.05, 4.69) is 23.4 Å². The van der Waals surface area contributed by atoms with Gasteiger partial charge >= 0.3 is 6.09 Å². The van der Waals surface area contributed by atoms with E-state index in [-0.39, 0.29) is 0 Å². The Kier molecular flexibility index (Phi) is 9.24. The standard InChI is InChI=1S/C27H29Cl4N4O2P/c1-5-33(6-2)18-13-15-25-24(17-18)37-27(36)35(19-12-14-20(28)23(31)16-19)38(25,34(7-3)8-4)32-26-21(29)10-9-11-22(26)30/h9-17H,5-8H2,1-4H3/t38-/m0/s1. The van der Waals surface area contributed by atoms with Gasteiger partial charge in [-0.15, -0.1) is 0 Å². The van der Waals surface area contributed by atoms with E-state index in [1.165, 1.54) is 0 Å². The zero-order valence-corrected chi connectivity index (χ0v) is 25.5. The molecule has 0 saturated carbocycles. The van der Waals surface area contributed by atoms with Crippen molar-refractivity contribution in [2.45, 2.75) is 27.7 Å². The molecule has 11 heteroatoms. The van der Waals surface area contributed by atoms with E-state index in [0.717, 1.165) is 24.1 Å². The number of fused-ring (bicyclic) bond motifs is 1. The first-order valence-corrected chi connectivity index (χ1v) is 15.6. The summed E-state index contributed by atoms with van der Waals surface area (Å²) in [7, 11) is -3.13. The van der Waals surface area contributed by atoms with Gasteiger partial charge in [-0.3, -0.25) is 0 Å². The van der Waals surface area contributed by atoms with Gasteiger partial charge in [0.15, 0.2) is 7.36 Å². The van der Waals surface area contributed by atoms with Crippen molar-refractivity contribution in [3.63, 3.8) is 0 Å². The Hall–Kier alpha value is -1.92. The third-order valence-corrected chi connectivity index (χ3v) is 11.6. The Labute approximate surface area is 244 Å². The van der Waals surface area contributed by atoms with E-state index < -0.39 is 13.4 Å². The summed E-state index contributed by atoms with van der Waals surface area (Å²) in [5.41, 5.74) is 1.88. The molecule has 0 bridgehead atoms. The van der Waals surface area contributed by atoms with Gasteiger partial charge in [0, 0.05) is 37.9 Å². The molecular formula is C27H29Cl4N4O2P. The van der Waals surface area contributed by atoms with Crippen LogP contribution in [0.5, 0.6) is 5.75 Å². The van der Waals surface area contributed by atoms with Gasteiger partial charge < -0.3 is 9.64 Å². The van der Waals surface area contributed by atoms with E-state index in [1.54, 1.807) is 41.1 Å². The molecule has 0 N–H and O–H groups in total. The smallest absolute Gasteiger partial charge is 0.409 e. The molecule has 0 aromatic heterocycles. The SMILES string of the molecule is CCN(CC)c1ccc2c(c1)OC(=O)N(c1ccc(Cl)c(Cl)c1)[P@@]2(=Nc1c(Cl)cccc1Cl)N(CC)CC. The van der Waals surface area contributed by atoms with Gasteiger partial charge in [-0.05, 0) is 56.3 Å². The Morgan fingerprint density at radius 3 is 2.05 bits per heavy atom. The predicted octanol–water partition coefficient (Wildman–Crippen LogP) is 9.50. The van der Waals surface area contributed by atoms with Crippen LogP contribution in [-0.2, 0) is 0 Å². The van der Waals surface area contributed by atoms with E-state index in [4.69, 9.17) is 55.9 Å². The van der Waals surface area contributed by atoms with Crippen LogP contribution in [0.2, 0.25) is 20.1 Å². The van der Waals surface area contributed by atoms with Gasteiger partial charge in [0.2, 0.25) is 0 Å². The second-order valence-corrected chi connectivity index (χ2v) is 12.9. The summed E-state index contributed by atoms with van der Waals surface area (Å²) in [5, 5.41) is 2.24. The summed E-state index contributed by atoms with van der Waals surface area (Å²) in [4.78, 5) is 16.2. The van der Waals surface area contributed by atoms with Crippen LogP contribution in [0.3, 0.4) is 0 Å². The van der Waals surface area contributed by atoms with Crippen molar-refractivity contribution in [1.82, 2.24) is 4.67 Å². The minimum Gasteiger partial charge on any atom is -0.409 e. The van der Waals surface area contributed by atoms with Gasteiger partial charge in [-0.1, -0.05) is 66.3 Å². The monoisotopic (exact) mass is 612 g/mol. The molecular weight excluding hydrogens is 585 g/mol. The topological polar surface area (TPSA) is 48.4 Å². The van der Waals surface area contributed by atoms with Crippen LogP contribution in [0.1, 0.15) is 27.7 Å². The van der Waals surface area contributed by atoms with Gasteiger partial charge in [-0.25, -0.2) is 18.9 Å². The minimum atomic E-state index is -3.13. The summed E-state index contributed by atoms with van der Waals surface area (Å²) in [6.07, 6.45) is -0.570. The average Bonchev–Trinajstić information content (AvgIpc) is 2.89. The number of anilines is 2. The number of amides is 1. The Bertz CT molecular complexity index is 1390. The maximum atomic E-state index is 14.0. The Morgan fingerprint density at radius 2 is 1.47 bits per heavy atom. The third-order valence-electron chi connectivity index (χ3n) is 6.49. The Balaban J connectivity index is 2.16. The van der Waals surface area contributed by atoms with Gasteiger partial charge in [0.1, 0.15) is 11.4 Å². The van der Waals surface area contributed by atoms with Crippen molar-refractivity contribution < 1.29 is 9.53 Å². The lowest BCUT2D eigenvalue weighted by atomic mass is 10.2. The molecule has 1 atom stereocenters. The summed E-state index contributed by atoms with van der Waals surface area (Å²) >= 11 is 26.0. The average molecular weight is 614 g/mol. The molecule has 1 aliphatic rings. The van der Waals surface area contributed by atoms with Crippen LogP contribution >= 0.6 is 53.8 Å². The molecule has 0 aliphatic carbocycles. The highest BCUT2D eigenvalue weighted by Gasteiger charge is 2.47. The molecule has 1 amide bonds. The van der Waals surface area contributed by atoms with Crippen LogP contribution < -0.4 is 19.6 Å². The number of carbonyl (C=O) groups excluding carboxylic acids is 1. The number of ether oxygens (including phenoxy) is 1. The van der Waals surface area contributed by atoms with Crippen LogP contribution in [0.15, 0.2) is 59.3 Å². The number of benzene rings is 3. The normalized spacial score (nSPS) is 16.9. The zero-order chi connectivity index (χ0) is 27.6. The van der Waals surface area contributed by atoms with Crippen LogP contribution in [0, 0.1) is 0 Å². The molecule has 3 aromatic carbocycles. The van der Waals surface area contributed by atoms with Crippen molar-refractivity contribution in [2.24, 2.45) is 4.74 Å². The van der Waals surface area contributed by atoms with Crippen LogP contribution in [-0.4, -0.2) is 36.9 Å². The fourth-order valence-corrected chi connectivity index (χ4v) is 9.31. The molecule has 0 saturated heterocycles. The highest BCUT2D eigenvalue weighted by molar-refractivity contribution is 7.74. The molecule has 3 aromatic rings. The van der Waals surface area contributed by atoms with E-state index >= 15 is 0 Å². The predicted molar refractivity (Wildman–Crippen MR) is 163 cm³/mol. The fourth-order valence-electron chi connectivity index (χ4n) is 4.64. The third kappa shape index (κ3) is 5.15. The van der Waals surface area contributed by atoms with E-state index in [9.17, 15) is 4.79 Å². The molecule has 0 unspecified atom stereocenters. The van der Waals surface area contributed by atoms with E-state index in [0.29, 0.717) is 50.3 Å². The first-order valence-electron chi connectivity index (χ1n) is 12.4. The summed E-state index contributed by atoms with van der Waals surface area (Å²) in [6, 6.07) is 16.2. The quantitative estimate of drug-likeness (QED) is 0.237. The first kappa shape index (κ1) is 29.1. The van der Waals surface area contributed by atoms with Crippen molar-refractivity contribution in [3.8, 4) is 5.75 Å². The first-order chi connectivity index (χ1) is 18.2. The Morgan fingerprint density at radius 1 is 0.816 bits per heavy atom. The van der Waals surface area contributed by atoms with Crippen LogP contribution in [0.4, 0.5) is 21.9 Å².